The van der Waals surface area contributed by atoms with Gasteiger partial charge in [-0.2, -0.15) is 4.98 Å². The van der Waals surface area contributed by atoms with Crippen molar-refractivity contribution in [3.8, 4) is 5.75 Å². The van der Waals surface area contributed by atoms with Crippen LogP contribution in [0.2, 0.25) is 0 Å². The molecule has 106 valence electrons. The molecule has 0 unspecified atom stereocenters. The van der Waals surface area contributed by atoms with E-state index in [0.717, 1.165) is 17.9 Å². The molecule has 1 aliphatic rings. The largest absolute Gasteiger partial charge is 0.483 e. The van der Waals surface area contributed by atoms with Crippen molar-refractivity contribution in [1.29, 1.82) is 0 Å². The highest BCUT2D eigenvalue weighted by Gasteiger charge is 2.21. The van der Waals surface area contributed by atoms with Gasteiger partial charge in [0, 0.05) is 18.2 Å². The second-order valence-electron chi connectivity index (χ2n) is 5.24. The van der Waals surface area contributed by atoms with Crippen LogP contribution in [0.4, 0.5) is 0 Å². The van der Waals surface area contributed by atoms with Gasteiger partial charge in [-0.3, -0.25) is 0 Å². The minimum Gasteiger partial charge on any atom is -0.483 e. The van der Waals surface area contributed by atoms with Gasteiger partial charge in [-0.1, -0.05) is 23.4 Å². The lowest BCUT2D eigenvalue weighted by Crippen LogP contribution is -2.16. The molecule has 3 rings (SSSR count). The maximum absolute atomic E-state index is 5.88. The molecule has 1 aliphatic carbocycles. The van der Waals surface area contributed by atoms with Gasteiger partial charge in [0.2, 0.25) is 0 Å². The van der Waals surface area contributed by atoms with Crippen LogP contribution in [-0.2, 0) is 13.2 Å². The van der Waals surface area contributed by atoms with Crippen molar-refractivity contribution in [3.05, 3.63) is 41.0 Å². The highest BCUT2D eigenvalue weighted by molar-refractivity contribution is 5.40. The molecule has 0 atom stereocenters. The molecule has 5 nitrogen and oxygen atoms in total. The third-order valence-corrected chi connectivity index (χ3v) is 3.36. The van der Waals surface area contributed by atoms with Crippen LogP contribution in [0.15, 0.2) is 22.7 Å². The van der Waals surface area contributed by atoms with Crippen molar-refractivity contribution in [2.24, 2.45) is 0 Å². The Labute approximate surface area is 118 Å². The fourth-order valence-corrected chi connectivity index (χ4v) is 2.13. The van der Waals surface area contributed by atoms with Gasteiger partial charge in [-0.05, 0) is 32.3 Å². The van der Waals surface area contributed by atoms with E-state index < -0.39 is 0 Å². The first-order chi connectivity index (χ1) is 9.72. The van der Waals surface area contributed by atoms with Crippen molar-refractivity contribution < 1.29 is 9.26 Å². The fraction of sp³-hybridized carbons (Fsp3) is 0.467. The topological polar surface area (TPSA) is 60.2 Å². The number of ether oxygens (including phenoxy) is 1. The lowest BCUT2D eigenvalue weighted by atomic mass is 10.1. The van der Waals surface area contributed by atoms with Crippen LogP contribution >= 0.6 is 0 Å². The predicted octanol–water partition coefficient (Wildman–Crippen LogP) is 2.52. The molecule has 0 aliphatic heterocycles. The lowest BCUT2D eigenvalue weighted by molar-refractivity contribution is 0.239. The van der Waals surface area contributed by atoms with E-state index in [0.29, 0.717) is 24.4 Å². The van der Waals surface area contributed by atoms with Gasteiger partial charge in [0.25, 0.3) is 5.89 Å². The summed E-state index contributed by atoms with van der Waals surface area (Å²) in [5.41, 5.74) is 2.30. The van der Waals surface area contributed by atoms with Gasteiger partial charge in [0.05, 0.1) is 0 Å². The number of rotatable bonds is 6. The van der Waals surface area contributed by atoms with E-state index in [-0.39, 0.29) is 0 Å². The summed E-state index contributed by atoms with van der Waals surface area (Å²) in [6, 6.07) is 6.89. The highest BCUT2D eigenvalue weighted by atomic mass is 16.5. The van der Waals surface area contributed by atoms with Crippen LogP contribution in [0, 0.1) is 13.8 Å². The smallest absolute Gasteiger partial charge is 0.264 e. The number of nitrogens with one attached hydrogen (secondary N) is 1. The zero-order valence-electron chi connectivity index (χ0n) is 11.8. The van der Waals surface area contributed by atoms with Gasteiger partial charge >= 0.3 is 0 Å². The van der Waals surface area contributed by atoms with Crippen molar-refractivity contribution in [2.45, 2.75) is 45.9 Å². The summed E-state index contributed by atoms with van der Waals surface area (Å²) in [4.78, 5) is 4.15. The second kappa shape index (κ2) is 5.63. The normalized spacial score (nSPS) is 14.5. The molecule has 1 N–H and O–H groups in total. The Morgan fingerprint density at radius 2 is 2.20 bits per heavy atom. The standard InChI is InChI=1S/C15H19N3O2/c1-10-4-3-5-12(8-16-13-6-7-13)15(10)19-9-14-17-11(2)18-20-14/h3-5,13,16H,6-9H2,1-2H3. The number of aromatic nitrogens is 2. The van der Waals surface area contributed by atoms with Crippen LogP contribution in [-0.4, -0.2) is 16.2 Å². The quantitative estimate of drug-likeness (QED) is 0.876. The van der Waals surface area contributed by atoms with E-state index in [1.807, 2.05) is 0 Å². The van der Waals surface area contributed by atoms with Crippen molar-refractivity contribution in [2.75, 3.05) is 0 Å². The SMILES string of the molecule is Cc1noc(COc2c(C)cccc2CNC2CC2)n1. The van der Waals surface area contributed by atoms with E-state index in [1.165, 1.54) is 18.4 Å². The van der Waals surface area contributed by atoms with Crippen LogP contribution in [0.5, 0.6) is 5.75 Å². The molecular weight excluding hydrogens is 254 g/mol. The maximum atomic E-state index is 5.88. The van der Waals surface area contributed by atoms with Crippen LogP contribution in [0.3, 0.4) is 0 Å². The highest BCUT2D eigenvalue weighted by Crippen LogP contribution is 2.26. The molecule has 0 radical (unpaired) electrons. The summed E-state index contributed by atoms with van der Waals surface area (Å²) in [6.45, 7) is 4.99. The van der Waals surface area contributed by atoms with Crippen molar-refractivity contribution in [3.63, 3.8) is 0 Å². The monoisotopic (exact) mass is 273 g/mol. The predicted molar refractivity (Wildman–Crippen MR) is 74.4 cm³/mol. The molecule has 0 bridgehead atoms. The third-order valence-electron chi connectivity index (χ3n) is 3.36. The summed E-state index contributed by atoms with van der Waals surface area (Å²) in [5.74, 6) is 2.05. The minimum absolute atomic E-state index is 0.308. The Hall–Kier alpha value is -1.88. The molecule has 1 fully saturated rings. The Morgan fingerprint density at radius 3 is 2.90 bits per heavy atom. The van der Waals surface area contributed by atoms with E-state index >= 15 is 0 Å². The van der Waals surface area contributed by atoms with Crippen LogP contribution < -0.4 is 10.1 Å². The number of nitrogens with zero attached hydrogens (tertiary/aromatic N) is 2. The van der Waals surface area contributed by atoms with Crippen LogP contribution in [0.1, 0.15) is 35.7 Å². The molecule has 1 saturated carbocycles. The molecule has 0 amide bonds. The van der Waals surface area contributed by atoms with E-state index in [1.54, 1.807) is 6.92 Å². The Bertz CT molecular complexity index is 591. The number of hydrogen-bond acceptors (Lipinski definition) is 5. The minimum atomic E-state index is 0.308. The number of hydrogen-bond donors (Lipinski definition) is 1. The number of benzene rings is 1. The molecule has 20 heavy (non-hydrogen) atoms. The van der Waals surface area contributed by atoms with Gasteiger partial charge in [-0.15, -0.1) is 0 Å². The summed E-state index contributed by atoms with van der Waals surface area (Å²) in [7, 11) is 0. The van der Waals surface area contributed by atoms with Crippen molar-refractivity contribution >= 4 is 0 Å². The van der Waals surface area contributed by atoms with Gasteiger partial charge in [0.1, 0.15) is 5.75 Å². The second-order valence-corrected chi connectivity index (χ2v) is 5.24. The van der Waals surface area contributed by atoms with Gasteiger partial charge in [-0.25, -0.2) is 0 Å². The molecular formula is C15H19N3O2. The van der Waals surface area contributed by atoms with Gasteiger partial charge in [0.15, 0.2) is 12.4 Å². The van der Waals surface area contributed by atoms with Gasteiger partial charge < -0.3 is 14.6 Å². The molecule has 1 aromatic heterocycles. The first kappa shape index (κ1) is 13.1. The van der Waals surface area contributed by atoms with E-state index in [2.05, 4.69) is 40.6 Å². The van der Waals surface area contributed by atoms with Crippen molar-refractivity contribution in [1.82, 2.24) is 15.5 Å². The third kappa shape index (κ3) is 3.17. The average Bonchev–Trinajstić information content (AvgIpc) is 3.17. The molecule has 2 aromatic rings. The maximum Gasteiger partial charge on any atom is 0.264 e. The first-order valence-electron chi connectivity index (χ1n) is 6.96. The average molecular weight is 273 g/mol. The molecule has 1 aromatic carbocycles. The summed E-state index contributed by atoms with van der Waals surface area (Å²) >= 11 is 0. The van der Waals surface area contributed by atoms with E-state index in [9.17, 15) is 0 Å². The zero-order valence-corrected chi connectivity index (χ0v) is 11.8. The number of aryl methyl sites for hydroxylation is 2. The summed E-state index contributed by atoms with van der Waals surface area (Å²) in [6.07, 6.45) is 2.56. The number of para-hydroxylation sites is 1. The Balaban J connectivity index is 1.69. The molecule has 0 spiro atoms. The zero-order chi connectivity index (χ0) is 13.9. The Kier molecular flexibility index (Phi) is 3.69. The lowest BCUT2D eigenvalue weighted by Gasteiger charge is -2.13. The molecule has 5 heteroatoms. The molecule has 0 saturated heterocycles. The fourth-order valence-electron chi connectivity index (χ4n) is 2.13. The van der Waals surface area contributed by atoms with E-state index in [4.69, 9.17) is 9.26 Å². The summed E-state index contributed by atoms with van der Waals surface area (Å²) in [5, 5.41) is 7.27. The van der Waals surface area contributed by atoms with Crippen LogP contribution in [0.25, 0.3) is 0 Å². The molecule has 1 heterocycles. The first-order valence-corrected chi connectivity index (χ1v) is 6.96. The Morgan fingerprint density at radius 1 is 1.35 bits per heavy atom. The summed E-state index contributed by atoms with van der Waals surface area (Å²) < 4.78 is 11.0.